The molecule has 1 aromatic heterocycles. The predicted molar refractivity (Wildman–Crippen MR) is 120 cm³/mol. The molecule has 2 aliphatic rings. The number of rotatable bonds is 6. The summed E-state index contributed by atoms with van der Waals surface area (Å²) in [5.41, 5.74) is 2.26. The highest BCUT2D eigenvalue weighted by atomic mass is 16.5. The number of benzene rings is 1. The summed E-state index contributed by atoms with van der Waals surface area (Å²) in [6.07, 6.45) is 4.72. The molecule has 1 aromatic carbocycles. The summed E-state index contributed by atoms with van der Waals surface area (Å²) in [6.45, 7) is 6.96. The lowest BCUT2D eigenvalue weighted by Crippen LogP contribution is -2.37. The van der Waals surface area contributed by atoms with Gasteiger partial charge in [0.1, 0.15) is 17.6 Å². The van der Waals surface area contributed by atoms with Crippen molar-refractivity contribution in [2.75, 3.05) is 14.2 Å². The molecule has 1 aliphatic heterocycles. The highest BCUT2D eigenvalue weighted by Gasteiger charge is 2.43. The lowest BCUT2D eigenvalue weighted by Gasteiger charge is -2.38. The second kappa shape index (κ2) is 8.45. The number of methoxy groups -OCH3 is 2. The molecule has 170 valence electrons. The van der Waals surface area contributed by atoms with Crippen LogP contribution in [-0.4, -0.2) is 29.6 Å². The van der Waals surface area contributed by atoms with Gasteiger partial charge in [0.25, 0.3) is 0 Å². The predicted octanol–water partition coefficient (Wildman–Crippen LogP) is 4.35. The van der Waals surface area contributed by atoms with Gasteiger partial charge < -0.3 is 18.8 Å². The zero-order chi connectivity index (χ0) is 23.0. The number of unbranched alkanes of at least 4 members (excludes halogenated alkanes) is 1. The molecule has 7 nitrogen and oxygen atoms in total. The highest BCUT2D eigenvalue weighted by molar-refractivity contribution is 6.00. The summed E-state index contributed by atoms with van der Waals surface area (Å²) in [5.74, 6) is 1.89. The summed E-state index contributed by atoms with van der Waals surface area (Å²) >= 11 is 0. The van der Waals surface area contributed by atoms with Crippen molar-refractivity contribution in [2.24, 2.45) is 5.41 Å². The van der Waals surface area contributed by atoms with Crippen LogP contribution in [0.5, 0.6) is 17.4 Å². The third kappa shape index (κ3) is 3.80. The smallest absolute Gasteiger partial charge is 0.228 e. The minimum atomic E-state index is -0.439. The molecule has 7 heteroatoms. The first-order chi connectivity index (χ1) is 15.3. The normalized spacial score (nSPS) is 19.2. The zero-order valence-electron chi connectivity index (χ0n) is 19.4. The van der Waals surface area contributed by atoms with Crippen molar-refractivity contribution in [2.45, 2.75) is 58.9 Å². The molecular formula is C25H31N3O4. The van der Waals surface area contributed by atoms with E-state index in [1.807, 2.05) is 22.8 Å². The SMILES string of the molecule is CCCCn1cnc2c(c1=N)[C@H](c1ccc(OC)c(OC)c1)C1=C(CC(C)(C)CC1=O)O2. The van der Waals surface area contributed by atoms with Crippen LogP contribution >= 0.6 is 0 Å². The number of carbonyl (C=O) groups is 1. The van der Waals surface area contributed by atoms with E-state index >= 15 is 0 Å². The van der Waals surface area contributed by atoms with Crippen LogP contribution in [0.15, 0.2) is 35.9 Å². The van der Waals surface area contributed by atoms with E-state index in [-0.39, 0.29) is 11.2 Å². The molecule has 1 atom stereocenters. The van der Waals surface area contributed by atoms with Gasteiger partial charge in [-0.05, 0) is 29.5 Å². The number of ketones is 1. The fourth-order valence-electron chi connectivity index (χ4n) is 4.66. The Morgan fingerprint density at radius 2 is 1.97 bits per heavy atom. The quantitative estimate of drug-likeness (QED) is 0.726. The van der Waals surface area contributed by atoms with E-state index in [0.717, 1.165) is 18.4 Å². The molecule has 2 aromatic rings. The van der Waals surface area contributed by atoms with Crippen LogP contribution in [0.1, 0.15) is 63.5 Å². The van der Waals surface area contributed by atoms with Gasteiger partial charge in [-0.25, -0.2) is 4.98 Å². The van der Waals surface area contributed by atoms with Gasteiger partial charge in [-0.2, -0.15) is 0 Å². The lowest BCUT2D eigenvalue weighted by atomic mass is 9.70. The maximum Gasteiger partial charge on any atom is 0.228 e. The molecule has 0 unspecified atom stereocenters. The van der Waals surface area contributed by atoms with Crippen LogP contribution in [0.25, 0.3) is 0 Å². The molecule has 0 saturated heterocycles. The number of hydrogen-bond acceptors (Lipinski definition) is 6. The fraction of sp³-hybridized carbons (Fsp3) is 0.480. The van der Waals surface area contributed by atoms with Crippen LogP contribution in [0, 0.1) is 10.8 Å². The van der Waals surface area contributed by atoms with Crippen molar-refractivity contribution in [1.82, 2.24) is 9.55 Å². The Morgan fingerprint density at radius 3 is 2.66 bits per heavy atom. The van der Waals surface area contributed by atoms with E-state index < -0.39 is 5.92 Å². The highest BCUT2D eigenvalue weighted by Crippen LogP contribution is 2.49. The largest absolute Gasteiger partial charge is 0.493 e. The minimum absolute atomic E-state index is 0.0602. The van der Waals surface area contributed by atoms with E-state index in [0.29, 0.717) is 59.1 Å². The molecule has 4 rings (SSSR count). The average Bonchev–Trinajstić information content (AvgIpc) is 2.76. The Balaban J connectivity index is 1.95. The number of nitrogens with zero attached hydrogens (tertiary/aromatic N) is 2. The molecular weight excluding hydrogens is 406 g/mol. The van der Waals surface area contributed by atoms with Crippen molar-refractivity contribution in [1.29, 1.82) is 5.41 Å². The zero-order valence-corrected chi connectivity index (χ0v) is 19.4. The minimum Gasteiger partial charge on any atom is -0.493 e. The van der Waals surface area contributed by atoms with Crippen molar-refractivity contribution in [3.63, 3.8) is 0 Å². The first-order valence-electron chi connectivity index (χ1n) is 11.1. The maximum absolute atomic E-state index is 13.4. The Bertz CT molecular complexity index is 1150. The van der Waals surface area contributed by atoms with Gasteiger partial charge in [-0.3, -0.25) is 10.2 Å². The van der Waals surface area contributed by atoms with Crippen LogP contribution in [0.3, 0.4) is 0 Å². The standard InChI is InChI=1S/C25H31N3O4/c1-6-7-10-28-14-27-24-22(23(28)26)20(15-8-9-17(30-4)18(11-15)31-5)21-16(29)12-25(2,3)13-19(21)32-24/h8-9,11,14,20,26H,6-7,10,12-13H2,1-5H3/t20-/m1/s1. The molecule has 0 fully saturated rings. The molecule has 2 heterocycles. The third-order valence-electron chi connectivity index (χ3n) is 6.26. The molecule has 0 bridgehead atoms. The number of Topliss-reactive ketones (excluding diaryl/α,β-unsaturated/α-hetero) is 1. The molecule has 0 radical (unpaired) electrons. The van der Waals surface area contributed by atoms with Gasteiger partial charge in [0.15, 0.2) is 17.3 Å². The van der Waals surface area contributed by atoms with Gasteiger partial charge >= 0.3 is 0 Å². The lowest BCUT2D eigenvalue weighted by molar-refractivity contribution is -0.118. The van der Waals surface area contributed by atoms with E-state index in [4.69, 9.17) is 19.6 Å². The number of aryl methyl sites for hydroxylation is 1. The summed E-state index contributed by atoms with van der Waals surface area (Å²) in [4.78, 5) is 18.0. The van der Waals surface area contributed by atoms with Gasteiger partial charge in [0.2, 0.25) is 5.88 Å². The number of allylic oxidation sites excluding steroid dienone is 2. The topological polar surface area (TPSA) is 86.4 Å². The summed E-state index contributed by atoms with van der Waals surface area (Å²) in [5, 5.41) is 8.96. The molecule has 1 aliphatic carbocycles. The monoisotopic (exact) mass is 437 g/mol. The Labute approximate surface area is 188 Å². The average molecular weight is 438 g/mol. The third-order valence-corrected chi connectivity index (χ3v) is 6.26. The van der Waals surface area contributed by atoms with Gasteiger partial charge in [-0.15, -0.1) is 0 Å². The number of nitrogens with one attached hydrogen (secondary N) is 1. The maximum atomic E-state index is 13.4. The van der Waals surface area contributed by atoms with Crippen LogP contribution < -0.4 is 19.7 Å². The molecule has 32 heavy (non-hydrogen) atoms. The van der Waals surface area contributed by atoms with E-state index in [9.17, 15) is 4.79 Å². The number of carbonyl (C=O) groups excluding carboxylic acids is 1. The van der Waals surface area contributed by atoms with Crippen molar-refractivity contribution in [3.8, 4) is 17.4 Å². The summed E-state index contributed by atoms with van der Waals surface area (Å²) in [7, 11) is 3.19. The van der Waals surface area contributed by atoms with Crippen molar-refractivity contribution < 1.29 is 19.0 Å². The van der Waals surface area contributed by atoms with E-state index in [1.54, 1.807) is 20.5 Å². The summed E-state index contributed by atoms with van der Waals surface area (Å²) < 4.78 is 19.0. The second-order valence-electron chi connectivity index (χ2n) is 9.29. The van der Waals surface area contributed by atoms with E-state index in [2.05, 4.69) is 25.8 Å². The Morgan fingerprint density at radius 1 is 1.22 bits per heavy atom. The van der Waals surface area contributed by atoms with Crippen molar-refractivity contribution in [3.05, 3.63) is 52.5 Å². The molecule has 1 N–H and O–H groups in total. The Hall–Kier alpha value is -3.09. The van der Waals surface area contributed by atoms with Gasteiger partial charge in [0.05, 0.1) is 25.7 Å². The van der Waals surface area contributed by atoms with Crippen LogP contribution in [0.4, 0.5) is 0 Å². The number of aromatic nitrogens is 2. The number of fused-ring (bicyclic) bond motifs is 1. The van der Waals surface area contributed by atoms with E-state index in [1.165, 1.54) is 0 Å². The summed E-state index contributed by atoms with van der Waals surface area (Å²) in [6, 6.07) is 5.66. The first kappa shape index (κ1) is 22.1. The molecule has 0 amide bonds. The first-order valence-corrected chi connectivity index (χ1v) is 11.1. The number of hydrogen-bond donors (Lipinski definition) is 1. The van der Waals surface area contributed by atoms with Gasteiger partial charge in [0, 0.05) is 25.0 Å². The molecule has 0 saturated carbocycles. The van der Waals surface area contributed by atoms with Crippen molar-refractivity contribution >= 4 is 5.78 Å². The fourth-order valence-corrected chi connectivity index (χ4v) is 4.66. The Kier molecular flexibility index (Phi) is 5.84. The number of ether oxygens (including phenoxy) is 3. The molecule has 0 spiro atoms. The van der Waals surface area contributed by atoms with Gasteiger partial charge in [-0.1, -0.05) is 33.3 Å². The van der Waals surface area contributed by atoms with Crippen LogP contribution in [0.2, 0.25) is 0 Å². The van der Waals surface area contributed by atoms with Crippen LogP contribution in [-0.2, 0) is 11.3 Å². The second-order valence-corrected chi connectivity index (χ2v) is 9.29.